The van der Waals surface area contributed by atoms with Gasteiger partial charge >= 0.3 is 6.16 Å². The van der Waals surface area contributed by atoms with Crippen LogP contribution >= 0.6 is 15.9 Å². The number of guanidine groups is 1. The lowest BCUT2D eigenvalue weighted by Gasteiger charge is -2.37. The Kier molecular flexibility index (Phi) is 4.33. The van der Waals surface area contributed by atoms with Crippen molar-refractivity contribution in [1.82, 2.24) is 4.90 Å². The highest BCUT2D eigenvalue weighted by atomic mass is 79.9. The first-order chi connectivity index (χ1) is 11.1. The van der Waals surface area contributed by atoms with Crippen LogP contribution < -0.4 is 4.74 Å². The number of hydrogen-bond acceptors (Lipinski definition) is 6. The lowest BCUT2D eigenvalue weighted by molar-refractivity contribution is 0.0385. The number of carboxylic acid groups (broad SMARTS) is 1. The number of hydrogen-bond donors (Lipinski definition) is 1. The maximum absolute atomic E-state index is 10.8. The van der Waals surface area contributed by atoms with Crippen molar-refractivity contribution in [2.45, 2.75) is 18.7 Å². The smallest absolute Gasteiger partial charge is 0.497 e. The molecule has 120 valence electrons. The molecule has 0 aliphatic carbocycles. The van der Waals surface area contributed by atoms with Crippen molar-refractivity contribution < 1.29 is 19.4 Å². The summed E-state index contributed by atoms with van der Waals surface area (Å²) in [6, 6.07) is 7.46. The second-order valence-electron chi connectivity index (χ2n) is 4.97. The Morgan fingerprint density at radius 2 is 2.13 bits per heavy atom. The highest BCUT2D eigenvalue weighted by Crippen LogP contribution is 2.34. The van der Waals surface area contributed by atoms with Crippen molar-refractivity contribution in [3.05, 3.63) is 40.5 Å². The van der Waals surface area contributed by atoms with Gasteiger partial charge in [-0.05, 0) is 33.6 Å². The minimum atomic E-state index is -1.35. The number of aliphatic imine (C=N–C) groups is 2. The molecular formula is C15H14BrN3O4. The van der Waals surface area contributed by atoms with Gasteiger partial charge in [-0.2, -0.15) is 0 Å². The molecule has 2 atom stereocenters. The average Bonchev–Trinajstić information content (AvgIpc) is 2.54. The number of benzene rings is 1. The van der Waals surface area contributed by atoms with E-state index >= 15 is 0 Å². The third-order valence-electron chi connectivity index (χ3n) is 3.55. The Balaban J connectivity index is 1.94. The van der Waals surface area contributed by atoms with Crippen LogP contribution in [0.1, 0.15) is 18.0 Å². The molecule has 1 aromatic carbocycles. The number of nitrogens with zero attached hydrogens (tertiary/aromatic N) is 3. The SMILES string of the molecule is COc1ccc(C2CC(OC(=O)O)N=C3N=CC(Br)=CN32)cc1. The standard InChI is InChI=1S/C15H14BrN3O4/c1-22-11-4-2-9(3-5-11)12-6-13(23-15(20)21)18-14-17-7-10(16)8-19(12)14/h2-5,7-8,12-13H,6H2,1H3,(H,20,21). The molecule has 2 unspecified atom stereocenters. The minimum Gasteiger partial charge on any atom is -0.497 e. The summed E-state index contributed by atoms with van der Waals surface area (Å²) in [6.45, 7) is 0. The molecule has 0 fully saturated rings. The number of fused-ring (bicyclic) bond motifs is 1. The molecule has 7 nitrogen and oxygen atoms in total. The van der Waals surface area contributed by atoms with Crippen LogP contribution in [0.4, 0.5) is 4.79 Å². The van der Waals surface area contributed by atoms with Gasteiger partial charge < -0.3 is 19.5 Å². The fourth-order valence-corrected chi connectivity index (χ4v) is 2.86. The maximum Gasteiger partial charge on any atom is 0.507 e. The summed E-state index contributed by atoms with van der Waals surface area (Å²) in [4.78, 5) is 21.2. The van der Waals surface area contributed by atoms with E-state index in [0.717, 1.165) is 15.8 Å². The second-order valence-corrected chi connectivity index (χ2v) is 5.89. The van der Waals surface area contributed by atoms with Gasteiger partial charge in [0.2, 0.25) is 12.2 Å². The quantitative estimate of drug-likeness (QED) is 0.815. The topological polar surface area (TPSA) is 83.7 Å². The molecule has 23 heavy (non-hydrogen) atoms. The average molecular weight is 380 g/mol. The van der Waals surface area contributed by atoms with Crippen molar-refractivity contribution in [2.24, 2.45) is 9.98 Å². The first kappa shape index (κ1) is 15.5. The van der Waals surface area contributed by atoms with E-state index in [4.69, 9.17) is 14.6 Å². The van der Waals surface area contributed by atoms with Gasteiger partial charge in [-0.15, -0.1) is 0 Å². The van der Waals surface area contributed by atoms with Gasteiger partial charge in [-0.1, -0.05) is 12.1 Å². The molecule has 0 saturated carbocycles. The number of ether oxygens (including phenoxy) is 2. The zero-order valence-electron chi connectivity index (χ0n) is 12.2. The van der Waals surface area contributed by atoms with E-state index in [9.17, 15) is 4.79 Å². The van der Waals surface area contributed by atoms with Crippen LogP contribution in [0.3, 0.4) is 0 Å². The summed E-state index contributed by atoms with van der Waals surface area (Å²) in [5.41, 5.74) is 0.992. The van der Waals surface area contributed by atoms with Crippen LogP contribution in [0, 0.1) is 0 Å². The van der Waals surface area contributed by atoms with Crippen molar-refractivity contribution in [3.8, 4) is 5.75 Å². The summed E-state index contributed by atoms with van der Waals surface area (Å²) in [5.74, 6) is 1.18. The molecule has 2 aliphatic heterocycles. The molecular weight excluding hydrogens is 366 g/mol. The maximum atomic E-state index is 10.8. The Morgan fingerprint density at radius 3 is 2.78 bits per heavy atom. The summed E-state index contributed by atoms with van der Waals surface area (Å²) < 4.78 is 10.8. The van der Waals surface area contributed by atoms with Crippen molar-refractivity contribution in [3.63, 3.8) is 0 Å². The largest absolute Gasteiger partial charge is 0.507 e. The van der Waals surface area contributed by atoms with Crippen molar-refractivity contribution in [2.75, 3.05) is 7.11 Å². The molecule has 0 aromatic heterocycles. The van der Waals surface area contributed by atoms with Gasteiger partial charge in [-0.25, -0.2) is 14.8 Å². The Labute approximate surface area is 141 Å². The first-order valence-electron chi connectivity index (χ1n) is 6.88. The number of halogens is 1. The lowest BCUT2D eigenvalue weighted by Crippen LogP contribution is -2.39. The predicted molar refractivity (Wildman–Crippen MR) is 88.0 cm³/mol. The van der Waals surface area contributed by atoms with Crippen molar-refractivity contribution >= 4 is 34.3 Å². The van der Waals surface area contributed by atoms with Gasteiger partial charge in [0, 0.05) is 18.8 Å². The van der Waals surface area contributed by atoms with Gasteiger partial charge in [0.15, 0.2) is 0 Å². The summed E-state index contributed by atoms with van der Waals surface area (Å²) >= 11 is 3.40. The second kappa shape index (κ2) is 6.41. The molecule has 0 spiro atoms. The Bertz CT molecular complexity index is 699. The Hall–Kier alpha value is -2.35. The van der Waals surface area contributed by atoms with Crippen LogP contribution in [0.5, 0.6) is 5.75 Å². The number of methoxy groups -OCH3 is 1. The third kappa shape index (κ3) is 3.37. The van der Waals surface area contributed by atoms with Gasteiger partial charge in [0.05, 0.1) is 17.6 Å². The molecule has 0 bridgehead atoms. The third-order valence-corrected chi connectivity index (χ3v) is 3.96. The van der Waals surface area contributed by atoms with E-state index < -0.39 is 12.4 Å². The van der Waals surface area contributed by atoms with Gasteiger partial charge in [0.1, 0.15) is 5.75 Å². The predicted octanol–water partition coefficient (Wildman–Crippen LogP) is 3.14. The first-order valence-corrected chi connectivity index (χ1v) is 7.67. The van der Waals surface area contributed by atoms with E-state index in [-0.39, 0.29) is 6.04 Å². The van der Waals surface area contributed by atoms with Crippen LogP contribution in [-0.4, -0.2) is 41.7 Å². The molecule has 0 amide bonds. The Morgan fingerprint density at radius 1 is 1.39 bits per heavy atom. The van der Waals surface area contributed by atoms with E-state index in [1.165, 1.54) is 0 Å². The highest BCUT2D eigenvalue weighted by molar-refractivity contribution is 9.12. The van der Waals surface area contributed by atoms with Crippen LogP contribution in [-0.2, 0) is 4.74 Å². The van der Waals surface area contributed by atoms with Gasteiger partial charge in [0.25, 0.3) is 0 Å². The van der Waals surface area contributed by atoms with Gasteiger partial charge in [-0.3, -0.25) is 0 Å². The van der Waals surface area contributed by atoms with E-state index in [0.29, 0.717) is 12.4 Å². The molecule has 0 radical (unpaired) electrons. The van der Waals surface area contributed by atoms with Crippen molar-refractivity contribution in [1.29, 1.82) is 0 Å². The molecule has 2 heterocycles. The fraction of sp³-hybridized carbons (Fsp3) is 0.267. The lowest BCUT2D eigenvalue weighted by atomic mass is 10.00. The number of carbonyl (C=O) groups is 1. The molecule has 8 heteroatoms. The monoisotopic (exact) mass is 379 g/mol. The molecule has 0 saturated heterocycles. The molecule has 1 N–H and O–H groups in total. The summed E-state index contributed by atoms with van der Waals surface area (Å²) in [5, 5.41) is 8.85. The van der Waals surface area contributed by atoms with Crippen LogP contribution in [0.25, 0.3) is 0 Å². The zero-order chi connectivity index (χ0) is 16.4. The van der Waals surface area contributed by atoms with Crippen LogP contribution in [0.15, 0.2) is 44.9 Å². The van der Waals surface area contributed by atoms with Crippen LogP contribution in [0.2, 0.25) is 0 Å². The van der Waals surface area contributed by atoms with E-state index in [1.54, 1.807) is 13.3 Å². The number of rotatable bonds is 3. The normalized spacial score (nSPS) is 22.8. The fourth-order valence-electron chi connectivity index (χ4n) is 2.54. The zero-order valence-corrected chi connectivity index (χ0v) is 13.8. The van der Waals surface area contributed by atoms with E-state index in [1.807, 2.05) is 35.4 Å². The minimum absolute atomic E-state index is 0.136. The number of allylic oxidation sites excluding steroid dienone is 1. The molecule has 1 aromatic rings. The summed E-state index contributed by atoms with van der Waals surface area (Å²) in [7, 11) is 1.61. The highest BCUT2D eigenvalue weighted by Gasteiger charge is 2.33. The molecule has 2 aliphatic rings. The molecule has 3 rings (SSSR count). The summed E-state index contributed by atoms with van der Waals surface area (Å²) in [6.07, 6.45) is 1.75. The van der Waals surface area contributed by atoms with E-state index in [2.05, 4.69) is 25.9 Å².